The van der Waals surface area contributed by atoms with E-state index >= 15 is 0 Å². The summed E-state index contributed by atoms with van der Waals surface area (Å²) in [5.74, 6) is -1.49. The Hall–Kier alpha value is -2.42. The second kappa shape index (κ2) is 8.61. The van der Waals surface area contributed by atoms with Gasteiger partial charge in [-0.15, -0.1) is 0 Å². The van der Waals surface area contributed by atoms with Crippen LogP contribution in [0.25, 0.3) is 0 Å². The van der Waals surface area contributed by atoms with E-state index in [-0.39, 0.29) is 24.2 Å². The minimum Gasteiger partial charge on any atom is -0.354 e. The number of nitrogens with zero attached hydrogens (tertiary/aromatic N) is 1. The average Bonchev–Trinajstić information content (AvgIpc) is 2.83. The summed E-state index contributed by atoms with van der Waals surface area (Å²) in [7, 11) is -3.67. The lowest BCUT2D eigenvalue weighted by Gasteiger charge is -2.37. The van der Waals surface area contributed by atoms with Gasteiger partial charge in [0.15, 0.2) is 9.84 Å². The van der Waals surface area contributed by atoms with E-state index in [1.165, 1.54) is 19.4 Å². The number of fused-ring (bicyclic) bond motifs is 1. The molecule has 0 radical (unpaired) electrons. The second-order valence-corrected chi connectivity index (χ2v) is 11.8. The van der Waals surface area contributed by atoms with Gasteiger partial charge in [0, 0.05) is 6.54 Å². The lowest BCUT2D eigenvalue weighted by Crippen LogP contribution is -2.62. The molecular weight excluding hydrogens is 418 g/mol. The summed E-state index contributed by atoms with van der Waals surface area (Å²) in [6.07, 6.45) is 1.49. The van der Waals surface area contributed by atoms with Gasteiger partial charge in [-0.3, -0.25) is 14.4 Å². The summed E-state index contributed by atoms with van der Waals surface area (Å²) in [5, 5.41) is 4.61. The summed E-state index contributed by atoms with van der Waals surface area (Å²) in [4.78, 5) is 39.0. The highest BCUT2D eigenvalue weighted by Crippen LogP contribution is 2.45. The first-order chi connectivity index (χ1) is 14.5. The number of amides is 3. The van der Waals surface area contributed by atoms with Crippen LogP contribution in [0.1, 0.15) is 46.1 Å². The summed E-state index contributed by atoms with van der Waals surface area (Å²) in [6.45, 7) is 7.01. The predicted molar refractivity (Wildman–Crippen MR) is 117 cm³/mol. The highest BCUT2D eigenvalue weighted by atomic mass is 32.2. The van der Waals surface area contributed by atoms with Gasteiger partial charge in [0.1, 0.15) is 17.5 Å². The third-order valence-electron chi connectivity index (χ3n) is 6.26. The topological polar surface area (TPSA) is 113 Å². The zero-order chi connectivity index (χ0) is 23.0. The Morgan fingerprint density at radius 1 is 1.19 bits per heavy atom. The van der Waals surface area contributed by atoms with E-state index in [1.807, 2.05) is 44.2 Å². The molecular formula is C22H31N3O5S. The fourth-order valence-electron chi connectivity index (χ4n) is 4.28. The molecule has 2 aliphatic heterocycles. The van der Waals surface area contributed by atoms with Crippen molar-refractivity contribution in [3.8, 4) is 0 Å². The standard InChI is InChI=1S/C22H31N3O5S/c1-14(2)18(20(27)23-12-8-11-15-9-6-5-7-10-15)24-21(28)19-22(3,4)31(29,30)17-13-16(26)25(17)19/h5-7,9-10,14,17-19H,8,11-13H2,1-4H3,(H,23,27)(H,24,28). The molecule has 3 unspecified atom stereocenters. The zero-order valence-corrected chi connectivity index (χ0v) is 19.2. The van der Waals surface area contributed by atoms with E-state index in [2.05, 4.69) is 10.6 Å². The number of rotatable bonds is 8. The van der Waals surface area contributed by atoms with Crippen molar-refractivity contribution in [1.82, 2.24) is 15.5 Å². The Balaban J connectivity index is 1.62. The van der Waals surface area contributed by atoms with Crippen molar-refractivity contribution in [1.29, 1.82) is 0 Å². The van der Waals surface area contributed by atoms with E-state index in [1.54, 1.807) is 0 Å². The minimum absolute atomic E-state index is 0.0922. The van der Waals surface area contributed by atoms with Crippen LogP contribution in [0, 0.1) is 5.92 Å². The van der Waals surface area contributed by atoms with Gasteiger partial charge in [-0.1, -0.05) is 44.2 Å². The van der Waals surface area contributed by atoms with Crippen LogP contribution in [0.3, 0.4) is 0 Å². The maximum absolute atomic E-state index is 13.1. The van der Waals surface area contributed by atoms with Crippen LogP contribution in [0.15, 0.2) is 30.3 Å². The highest BCUT2D eigenvalue weighted by Gasteiger charge is 2.67. The molecule has 0 aromatic heterocycles. The van der Waals surface area contributed by atoms with Gasteiger partial charge < -0.3 is 15.5 Å². The van der Waals surface area contributed by atoms with Crippen molar-refractivity contribution in [3.63, 3.8) is 0 Å². The minimum atomic E-state index is -3.67. The Labute approximate surface area is 183 Å². The monoisotopic (exact) mass is 449 g/mol. The quantitative estimate of drug-likeness (QED) is 0.454. The van der Waals surface area contributed by atoms with Crippen molar-refractivity contribution in [2.75, 3.05) is 6.54 Å². The summed E-state index contributed by atoms with van der Waals surface area (Å²) in [6, 6.07) is 7.98. The smallest absolute Gasteiger partial charge is 0.245 e. The number of carbonyl (C=O) groups excluding carboxylic acids is 3. The van der Waals surface area contributed by atoms with Crippen molar-refractivity contribution >= 4 is 27.6 Å². The third-order valence-corrected chi connectivity index (χ3v) is 9.06. The third kappa shape index (κ3) is 4.20. The number of β-lactam (4-membered cyclic amide) rings is 1. The number of aryl methyl sites for hydroxylation is 1. The van der Waals surface area contributed by atoms with Crippen LogP contribution < -0.4 is 10.6 Å². The van der Waals surface area contributed by atoms with E-state index in [0.717, 1.165) is 17.7 Å². The fourth-order valence-corrected chi connectivity index (χ4v) is 6.41. The number of sulfone groups is 1. The van der Waals surface area contributed by atoms with Crippen LogP contribution in [-0.4, -0.2) is 59.8 Å². The molecule has 31 heavy (non-hydrogen) atoms. The summed E-state index contributed by atoms with van der Waals surface area (Å²) >= 11 is 0. The maximum Gasteiger partial charge on any atom is 0.245 e. The van der Waals surface area contributed by atoms with Crippen LogP contribution in [0.4, 0.5) is 0 Å². The molecule has 3 atom stereocenters. The average molecular weight is 450 g/mol. The van der Waals surface area contributed by atoms with Crippen LogP contribution >= 0.6 is 0 Å². The molecule has 0 aliphatic carbocycles. The molecule has 3 amide bonds. The molecule has 2 aliphatic rings. The molecule has 170 valence electrons. The van der Waals surface area contributed by atoms with Gasteiger partial charge in [-0.25, -0.2) is 8.42 Å². The van der Waals surface area contributed by atoms with Crippen molar-refractivity contribution < 1.29 is 22.8 Å². The SMILES string of the molecule is CC(C)C(NC(=O)C1N2C(=O)CC2S(=O)(=O)C1(C)C)C(=O)NCCCc1ccccc1. The zero-order valence-electron chi connectivity index (χ0n) is 18.4. The molecule has 2 fully saturated rings. The van der Waals surface area contributed by atoms with E-state index < -0.39 is 37.9 Å². The molecule has 3 rings (SSSR count). The number of carbonyl (C=O) groups is 3. The molecule has 8 nitrogen and oxygen atoms in total. The lowest BCUT2D eigenvalue weighted by molar-refractivity contribution is -0.150. The highest BCUT2D eigenvalue weighted by molar-refractivity contribution is 7.93. The van der Waals surface area contributed by atoms with Crippen LogP contribution in [0.5, 0.6) is 0 Å². The van der Waals surface area contributed by atoms with Crippen molar-refractivity contribution in [2.45, 2.75) is 69.2 Å². The first kappa shape index (κ1) is 23.2. The molecule has 0 spiro atoms. The molecule has 2 heterocycles. The first-order valence-corrected chi connectivity index (χ1v) is 12.2. The summed E-state index contributed by atoms with van der Waals surface area (Å²) < 4.78 is 24.0. The Morgan fingerprint density at radius 3 is 2.42 bits per heavy atom. The van der Waals surface area contributed by atoms with Gasteiger partial charge in [0.25, 0.3) is 0 Å². The maximum atomic E-state index is 13.1. The van der Waals surface area contributed by atoms with Crippen molar-refractivity contribution in [3.05, 3.63) is 35.9 Å². The molecule has 9 heteroatoms. The second-order valence-electron chi connectivity index (χ2n) is 9.12. The van der Waals surface area contributed by atoms with Crippen molar-refractivity contribution in [2.24, 2.45) is 5.92 Å². The van der Waals surface area contributed by atoms with Gasteiger partial charge in [0.2, 0.25) is 17.7 Å². The fraction of sp³-hybridized carbons (Fsp3) is 0.591. The Morgan fingerprint density at radius 2 is 1.84 bits per heavy atom. The van der Waals surface area contributed by atoms with Gasteiger partial charge in [-0.2, -0.15) is 0 Å². The van der Waals surface area contributed by atoms with Crippen LogP contribution in [-0.2, 0) is 30.6 Å². The summed E-state index contributed by atoms with van der Waals surface area (Å²) in [5.41, 5.74) is 1.18. The molecule has 1 aromatic rings. The lowest BCUT2D eigenvalue weighted by atomic mass is 9.95. The normalized spacial score (nSPS) is 24.3. The largest absolute Gasteiger partial charge is 0.354 e. The molecule has 2 N–H and O–H groups in total. The molecule has 1 aromatic carbocycles. The van der Waals surface area contributed by atoms with Gasteiger partial charge in [-0.05, 0) is 38.2 Å². The number of benzene rings is 1. The van der Waals surface area contributed by atoms with Crippen LogP contribution in [0.2, 0.25) is 0 Å². The van der Waals surface area contributed by atoms with E-state index in [0.29, 0.717) is 6.54 Å². The number of nitrogens with one attached hydrogen (secondary N) is 2. The number of hydrogen-bond donors (Lipinski definition) is 2. The van der Waals surface area contributed by atoms with E-state index in [4.69, 9.17) is 0 Å². The number of hydrogen-bond acceptors (Lipinski definition) is 5. The predicted octanol–water partition coefficient (Wildman–Crippen LogP) is 1.01. The Kier molecular flexibility index (Phi) is 6.45. The molecule has 0 bridgehead atoms. The molecule has 0 saturated carbocycles. The van der Waals surface area contributed by atoms with E-state index in [9.17, 15) is 22.8 Å². The molecule has 2 saturated heterocycles. The first-order valence-electron chi connectivity index (χ1n) is 10.6. The Bertz CT molecular complexity index is 959. The van der Waals surface area contributed by atoms with Gasteiger partial charge in [0.05, 0.1) is 11.2 Å². The van der Waals surface area contributed by atoms with Gasteiger partial charge >= 0.3 is 0 Å².